The van der Waals surface area contributed by atoms with Crippen LogP contribution in [0, 0.1) is 0 Å². The van der Waals surface area contributed by atoms with Crippen molar-refractivity contribution < 1.29 is 13.7 Å². The molecule has 7 heteroatoms. The summed E-state index contributed by atoms with van der Waals surface area (Å²) in [6, 6.07) is 5.55. The first-order chi connectivity index (χ1) is 11.8. The Balaban J connectivity index is 1.40. The van der Waals surface area contributed by atoms with E-state index in [2.05, 4.69) is 10.1 Å². The van der Waals surface area contributed by atoms with Crippen molar-refractivity contribution in [2.45, 2.75) is 12.3 Å². The van der Waals surface area contributed by atoms with Crippen molar-refractivity contribution in [1.82, 2.24) is 15.0 Å². The minimum Gasteiger partial charge on any atom is -0.465 e. The number of amides is 1. The van der Waals surface area contributed by atoms with Crippen LogP contribution in [0.5, 0.6) is 0 Å². The first-order valence-corrected chi connectivity index (χ1v) is 8.60. The second-order valence-corrected chi connectivity index (χ2v) is 6.37. The number of rotatable bonds is 4. The maximum absolute atomic E-state index is 12.2. The van der Waals surface area contributed by atoms with Crippen molar-refractivity contribution in [1.29, 1.82) is 0 Å². The first kappa shape index (κ1) is 14.9. The summed E-state index contributed by atoms with van der Waals surface area (Å²) in [6.07, 6.45) is 5.63. The maximum Gasteiger partial charge on any atom is 0.258 e. The van der Waals surface area contributed by atoms with Gasteiger partial charge in [-0.2, -0.15) is 16.3 Å². The van der Waals surface area contributed by atoms with E-state index >= 15 is 0 Å². The van der Waals surface area contributed by atoms with E-state index in [0.717, 1.165) is 12.0 Å². The van der Waals surface area contributed by atoms with E-state index in [4.69, 9.17) is 8.94 Å². The SMILES string of the molecule is O=C(/C=C/c1ccco1)N1CC[C@H](c2noc(-c3ccsc3)n2)C1. The average molecular weight is 341 g/mol. The van der Waals surface area contributed by atoms with E-state index in [1.807, 2.05) is 22.9 Å². The molecule has 0 N–H and O–H groups in total. The molecule has 1 amide bonds. The summed E-state index contributed by atoms with van der Waals surface area (Å²) in [5.74, 6) is 1.95. The van der Waals surface area contributed by atoms with Crippen LogP contribution in [0.4, 0.5) is 0 Å². The lowest BCUT2D eigenvalue weighted by molar-refractivity contribution is -0.125. The molecule has 0 bridgehead atoms. The second-order valence-electron chi connectivity index (χ2n) is 5.59. The number of furan rings is 1. The van der Waals surface area contributed by atoms with Gasteiger partial charge in [0.25, 0.3) is 5.89 Å². The van der Waals surface area contributed by atoms with Crippen molar-refractivity contribution >= 4 is 23.3 Å². The van der Waals surface area contributed by atoms with Crippen molar-refractivity contribution in [2.24, 2.45) is 0 Å². The number of carbonyl (C=O) groups excluding carboxylic acids is 1. The number of carbonyl (C=O) groups is 1. The number of thiophene rings is 1. The predicted octanol–water partition coefficient (Wildman–Crippen LogP) is 3.42. The van der Waals surface area contributed by atoms with E-state index in [0.29, 0.717) is 30.6 Å². The molecular weight excluding hydrogens is 326 g/mol. The minimum atomic E-state index is -0.0320. The molecular formula is C17H15N3O3S. The van der Waals surface area contributed by atoms with Crippen LogP contribution < -0.4 is 0 Å². The Morgan fingerprint density at radius 2 is 2.38 bits per heavy atom. The van der Waals surface area contributed by atoms with Crippen LogP contribution in [0.2, 0.25) is 0 Å². The maximum atomic E-state index is 12.2. The zero-order chi connectivity index (χ0) is 16.4. The molecule has 1 atom stereocenters. The molecule has 1 saturated heterocycles. The van der Waals surface area contributed by atoms with E-state index in [9.17, 15) is 4.79 Å². The molecule has 3 aromatic heterocycles. The van der Waals surface area contributed by atoms with Gasteiger partial charge in [-0.1, -0.05) is 5.16 Å². The summed E-state index contributed by atoms with van der Waals surface area (Å²) in [4.78, 5) is 18.5. The normalized spacial score (nSPS) is 17.8. The molecule has 4 rings (SSSR count). The highest BCUT2D eigenvalue weighted by Crippen LogP contribution is 2.28. The lowest BCUT2D eigenvalue weighted by Crippen LogP contribution is -2.26. The topological polar surface area (TPSA) is 72.4 Å². The Labute approximate surface area is 142 Å². The lowest BCUT2D eigenvalue weighted by Gasteiger charge is -2.12. The summed E-state index contributed by atoms with van der Waals surface area (Å²) < 4.78 is 10.5. The molecule has 4 heterocycles. The number of likely N-dealkylation sites (tertiary alicyclic amines) is 1. The zero-order valence-corrected chi connectivity index (χ0v) is 13.6. The third kappa shape index (κ3) is 3.03. The third-order valence-electron chi connectivity index (χ3n) is 4.01. The molecule has 0 unspecified atom stereocenters. The Bertz CT molecular complexity index is 836. The van der Waals surface area contributed by atoms with Gasteiger partial charge in [0.2, 0.25) is 5.91 Å². The molecule has 0 aliphatic carbocycles. The van der Waals surface area contributed by atoms with Gasteiger partial charge in [-0.25, -0.2) is 0 Å². The quantitative estimate of drug-likeness (QED) is 0.680. The molecule has 122 valence electrons. The van der Waals surface area contributed by atoms with Crippen molar-refractivity contribution in [2.75, 3.05) is 13.1 Å². The molecule has 6 nitrogen and oxygen atoms in total. The molecule has 3 aromatic rings. The molecule has 0 radical (unpaired) electrons. The van der Waals surface area contributed by atoms with Crippen LogP contribution in [0.25, 0.3) is 17.5 Å². The molecule has 24 heavy (non-hydrogen) atoms. The molecule has 1 aliphatic rings. The van der Waals surface area contributed by atoms with E-state index in [-0.39, 0.29) is 11.8 Å². The van der Waals surface area contributed by atoms with Gasteiger partial charge >= 0.3 is 0 Å². The molecule has 1 aliphatic heterocycles. The number of aromatic nitrogens is 2. The van der Waals surface area contributed by atoms with Crippen molar-refractivity contribution in [3.8, 4) is 11.5 Å². The van der Waals surface area contributed by atoms with Gasteiger partial charge in [0.15, 0.2) is 5.82 Å². The van der Waals surface area contributed by atoms with Crippen molar-refractivity contribution in [3.63, 3.8) is 0 Å². The molecule has 1 fully saturated rings. The largest absolute Gasteiger partial charge is 0.465 e. The highest BCUT2D eigenvalue weighted by molar-refractivity contribution is 7.08. The van der Waals surface area contributed by atoms with Crippen LogP contribution in [0.3, 0.4) is 0 Å². The highest BCUT2D eigenvalue weighted by Gasteiger charge is 2.29. The van der Waals surface area contributed by atoms with Gasteiger partial charge in [0, 0.05) is 30.5 Å². The Hall–Kier alpha value is -2.67. The summed E-state index contributed by atoms with van der Waals surface area (Å²) >= 11 is 1.59. The van der Waals surface area contributed by atoms with Crippen LogP contribution >= 0.6 is 11.3 Å². The van der Waals surface area contributed by atoms with E-state index < -0.39 is 0 Å². The van der Waals surface area contributed by atoms with Crippen LogP contribution in [-0.4, -0.2) is 34.0 Å². The fraction of sp³-hybridized carbons (Fsp3) is 0.235. The van der Waals surface area contributed by atoms with Gasteiger partial charge in [0.05, 0.1) is 11.8 Å². The summed E-state index contributed by atoms with van der Waals surface area (Å²) in [7, 11) is 0. The molecule has 0 saturated carbocycles. The average Bonchev–Trinajstić information content (AvgIpc) is 3.40. The standard InChI is InChI=1S/C17H15N3O3S/c21-15(4-3-14-2-1-8-22-14)20-7-5-12(10-20)16-18-17(23-19-16)13-6-9-24-11-13/h1-4,6,8-9,11-12H,5,7,10H2/b4-3+/t12-/m0/s1. The van der Waals surface area contributed by atoms with Crippen LogP contribution in [0.1, 0.15) is 23.9 Å². The van der Waals surface area contributed by atoms with Crippen LogP contribution in [0.15, 0.2) is 50.2 Å². The fourth-order valence-corrected chi connectivity index (χ4v) is 3.35. The summed E-state index contributed by atoms with van der Waals surface area (Å²) in [5, 5.41) is 8.03. The van der Waals surface area contributed by atoms with Crippen molar-refractivity contribution in [3.05, 3.63) is 52.9 Å². The second kappa shape index (κ2) is 6.45. The van der Waals surface area contributed by atoms with Gasteiger partial charge in [-0.15, -0.1) is 0 Å². The van der Waals surface area contributed by atoms with E-state index in [1.54, 1.807) is 34.6 Å². The smallest absolute Gasteiger partial charge is 0.258 e. The van der Waals surface area contributed by atoms with Gasteiger partial charge < -0.3 is 13.8 Å². The Morgan fingerprint density at radius 3 is 3.17 bits per heavy atom. The van der Waals surface area contributed by atoms with Gasteiger partial charge in [0.1, 0.15) is 5.76 Å². The predicted molar refractivity (Wildman–Crippen MR) is 89.3 cm³/mol. The fourth-order valence-electron chi connectivity index (χ4n) is 2.72. The molecule has 0 spiro atoms. The molecule has 0 aromatic carbocycles. The van der Waals surface area contributed by atoms with Gasteiger partial charge in [-0.05, 0) is 36.1 Å². The third-order valence-corrected chi connectivity index (χ3v) is 4.69. The van der Waals surface area contributed by atoms with Crippen LogP contribution in [-0.2, 0) is 4.79 Å². The lowest BCUT2D eigenvalue weighted by atomic mass is 10.1. The summed E-state index contributed by atoms with van der Waals surface area (Å²) in [6.45, 7) is 1.29. The highest BCUT2D eigenvalue weighted by atomic mass is 32.1. The van der Waals surface area contributed by atoms with Gasteiger partial charge in [-0.3, -0.25) is 4.79 Å². The zero-order valence-electron chi connectivity index (χ0n) is 12.8. The number of hydrogen-bond donors (Lipinski definition) is 0. The first-order valence-electron chi connectivity index (χ1n) is 7.66. The monoisotopic (exact) mass is 341 g/mol. The Kier molecular flexibility index (Phi) is 4.00. The van der Waals surface area contributed by atoms with E-state index in [1.165, 1.54) is 6.08 Å². The Morgan fingerprint density at radius 1 is 1.42 bits per heavy atom. The minimum absolute atomic E-state index is 0.0320. The summed E-state index contributed by atoms with van der Waals surface area (Å²) in [5.41, 5.74) is 0.936. The number of hydrogen-bond acceptors (Lipinski definition) is 6. The number of nitrogens with zero attached hydrogens (tertiary/aromatic N) is 3.